The summed E-state index contributed by atoms with van der Waals surface area (Å²) < 4.78 is 38.1. The van der Waals surface area contributed by atoms with Gasteiger partial charge in [-0.05, 0) is 6.07 Å². The fraction of sp³-hybridized carbons (Fsp3) is 0.333. The van der Waals surface area contributed by atoms with Crippen molar-refractivity contribution in [2.24, 2.45) is 0 Å². The van der Waals surface area contributed by atoms with Crippen LogP contribution in [0.4, 0.5) is 13.2 Å². The van der Waals surface area contributed by atoms with Crippen LogP contribution in [0.25, 0.3) is 0 Å². The van der Waals surface area contributed by atoms with Gasteiger partial charge in [0.25, 0.3) is 0 Å². The van der Waals surface area contributed by atoms with Crippen molar-refractivity contribution in [1.82, 2.24) is 5.32 Å². The van der Waals surface area contributed by atoms with E-state index in [0.29, 0.717) is 6.07 Å². The highest BCUT2D eigenvalue weighted by Gasteiger charge is 2.08. The largest absolute Gasteiger partial charge is 0.395 e. The molecule has 0 unspecified atom stereocenters. The molecule has 0 spiro atoms. The molecule has 0 saturated carbocycles. The molecular formula is C9H10F3NO. The quantitative estimate of drug-likeness (QED) is 0.571. The molecule has 0 saturated heterocycles. The van der Waals surface area contributed by atoms with Gasteiger partial charge in [-0.2, -0.15) is 0 Å². The molecular weight excluding hydrogens is 195 g/mol. The first-order valence-electron chi connectivity index (χ1n) is 4.10. The lowest BCUT2D eigenvalue weighted by molar-refractivity contribution is 0.291. The maximum atomic E-state index is 12.9. The number of nitrogens with one attached hydrogen (secondary N) is 1. The van der Waals surface area contributed by atoms with Gasteiger partial charge < -0.3 is 10.4 Å². The van der Waals surface area contributed by atoms with E-state index in [1.54, 1.807) is 0 Å². The minimum absolute atomic E-state index is 0.0392. The minimum atomic E-state index is -1.20. The van der Waals surface area contributed by atoms with Crippen LogP contribution in [0.15, 0.2) is 12.1 Å². The molecule has 14 heavy (non-hydrogen) atoms. The van der Waals surface area contributed by atoms with Crippen LogP contribution in [0.2, 0.25) is 0 Å². The van der Waals surface area contributed by atoms with Crippen LogP contribution in [0.1, 0.15) is 5.56 Å². The maximum Gasteiger partial charge on any atom is 0.161 e. The zero-order valence-electron chi connectivity index (χ0n) is 7.36. The van der Waals surface area contributed by atoms with Crippen molar-refractivity contribution in [1.29, 1.82) is 0 Å². The predicted molar refractivity (Wildman–Crippen MR) is 45.1 cm³/mol. The Kier molecular flexibility index (Phi) is 3.91. The molecule has 0 bridgehead atoms. The topological polar surface area (TPSA) is 32.3 Å². The summed E-state index contributed by atoms with van der Waals surface area (Å²) in [6, 6.07) is 1.31. The van der Waals surface area contributed by atoms with E-state index in [1.165, 1.54) is 0 Å². The molecule has 1 rings (SSSR count). The highest BCUT2D eigenvalue weighted by atomic mass is 19.2. The zero-order chi connectivity index (χ0) is 10.6. The lowest BCUT2D eigenvalue weighted by Gasteiger charge is -2.04. The second-order valence-corrected chi connectivity index (χ2v) is 2.76. The number of aliphatic hydroxyl groups excluding tert-OH is 1. The van der Waals surface area contributed by atoms with Gasteiger partial charge in [-0.15, -0.1) is 0 Å². The average Bonchev–Trinajstić information content (AvgIpc) is 2.14. The summed E-state index contributed by atoms with van der Waals surface area (Å²) in [5.41, 5.74) is 0.0392. The Morgan fingerprint density at radius 3 is 2.36 bits per heavy atom. The fourth-order valence-electron chi connectivity index (χ4n) is 1.00. The van der Waals surface area contributed by atoms with E-state index >= 15 is 0 Å². The molecule has 2 nitrogen and oxygen atoms in total. The summed E-state index contributed by atoms with van der Waals surface area (Å²) in [6.45, 7) is 0.243. The van der Waals surface area contributed by atoms with E-state index in [0.717, 1.165) is 6.07 Å². The third kappa shape index (κ3) is 2.71. The molecule has 1 aromatic carbocycles. The van der Waals surface area contributed by atoms with Gasteiger partial charge in [0.15, 0.2) is 11.6 Å². The molecule has 0 heterocycles. The van der Waals surface area contributed by atoms with Gasteiger partial charge in [-0.3, -0.25) is 0 Å². The van der Waals surface area contributed by atoms with Crippen molar-refractivity contribution < 1.29 is 18.3 Å². The Morgan fingerprint density at radius 2 is 1.71 bits per heavy atom. The molecule has 2 N–H and O–H groups in total. The zero-order valence-corrected chi connectivity index (χ0v) is 7.36. The predicted octanol–water partition coefficient (Wildman–Crippen LogP) is 1.19. The van der Waals surface area contributed by atoms with Crippen molar-refractivity contribution in [3.05, 3.63) is 35.1 Å². The Bertz CT molecular complexity index is 317. The fourth-order valence-corrected chi connectivity index (χ4v) is 1.00. The lowest BCUT2D eigenvalue weighted by Crippen LogP contribution is -2.18. The number of aliphatic hydroxyl groups is 1. The standard InChI is InChI=1S/C9H10F3NO/c10-7-4-9(12)8(11)3-6(7)5-13-1-2-14/h3-4,13-14H,1-2,5H2. The monoisotopic (exact) mass is 205 g/mol. The van der Waals surface area contributed by atoms with Crippen LogP contribution < -0.4 is 5.32 Å². The molecule has 0 aliphatic rings. The number of benzene rings is 1. The van der Waals surface area contributed by atoms with Crippen molar-refractivity contribution in [3.63, 3.8) is 0 Å². The third-order valence-electron chi connectivity index (χ3n) is 1.69. The van der Waals surface area contributed by atoms with Gasteiger partial charge in [-0.25, -0.2) is 13.2 Å². The molecule has 0 aliphatic carbocycles. The Balaban J connectivity index is 2.72. The molecule has 5 heteroatoms. The molecule has 0 aliphatic heterocycles. The van der Waals surface area contributed by atoms with Gasteiger partial charge in [0.05, 0.1) is 6.61 Å². The molecule has 0 amide bonds. The first kappa shape index (κ1) is 11.0. The first-order valence-corrected chi connectivity index (χ1v) is 4.10. The second kappa shape index (κ2) is 4.97. The summed E-state index contributed by atoms with van der Waals surface area (Å²) in [6.07, 6.45) is 0. The van der Waals surface area contributed by atoms with E-state index in [2.05, 4.69) is 5.32 Å². The number of halogens is 3. The van der Waals surface area contributed by atoms with Gasteiger partial charge in [0.1, 0.15) is 5.82 Å². The van der Waals surface area contributed by atoms with Crippen LogP contribution in [0.3, 0.4) is 0 Å². The third-order valence-corrected chi connectivity index (χ3v) is 1.69. The Hall–Kier alpha value is -1.07. The van der Waals surface area contributed by atoms with E-state index in [1.807, 2.05) is 0 Å². The Morgan fingerprint density at radius 1 is 1.07 bits per heavy atom. The van der Waals surface area contributed by atoms with Crippen LogP contribution >= 0.6 is 0 Å². The summed E-state index contributed by atoms with van der Waals surface area (Å²) in [7, 11) is 0. The first-order chi connectivity index (χ1) is 6.65. The smallest absolute Gasteiger partial charge is 0.161 e. The van der Waals surface area contributed by atoms with Crippen LogP contribution in [-0.4, -0.2) is 18.3 Å². The van der Waals surface area contributed by atoms with Crippen molar-refractivity contribution in [2.45, 2.75) is 6.54 Å². The van der Waals surface area contributed by atoms with Crippen LogP contribution in [-0.2, 0) is 6.54 Å². The highest BCUT2D eigenvalue weighted by Crippen LogP contribution is 2.13. The van der Waals surface area contributed by atoms with E-state index in [4.69, 9.17) is 5.11 Å². The maximum absolute atomic E-state index is 12.9. The summed E-state index contributed by atoms with van der Waals surface area (Å²) >= 11 is 0. The van der Waals surface area contributed by atoms with Crippen LogP contribution in [0, 0.1) is 17.5 Å². The van der Waals surface area contributed by atoms with E-state index in [-0.39, 0.29) is 25.3 Å². The molecule has 0 fully saturated rings. The number of hydrogen-bond donors (Lipinski definition) is 2. The van der Waals surface area contributed by atoms with E-state index < -0.39 is 17.5 Å². The lowest BCUT2D eigenvalue weighted by atomic mass is 10.2. The number of hydrogen-bond acceptors (Lipinski definition) is 2. The van der Waals surface area contributed by atoms with Gasteiger partial charge >= 0.3 is 0 Å². The molecule has 0 radical (unpaired) electrons. The summed E-state index contributed by atoms with van der Waals surface area (Å²) in [5, 5.41) is 11.1. The average molecular weight is 205 g/mol. The molecule has 78 valence electrons. The van der Waals surface area contributed by atoms with Crippen molar-refractivity contribution >= 4 is 0 Å². The second-order valence-electron chi connectivity index (χ2n) is 2.76. The minimum Gasteiger partial charge on any atom is -0.395 e. The van der Waals surface area contributed by atoms with Gasteiger partial charge in [0.2, 0.25) is 0 Å². The highest BCUT2D eigenvalue weighted by molar-refractivity contribution is 5.19. The van der Waals surface area contributed by atoms with Crippen LogP contribution in [0.5, 0.6) is 0 Å². The van der Waals surface area contributed by atoms with Crippen molar-refractivity contribution in [2.75, 3.05) is 13.2 Å². The van der Waals surface area contributed by atoms with Crippen molar-refractivity contribution in [3.8, 4) is 0 Å². The molecule has 0 atom stereocenters. The summed E-state index contributed by atoms with van der Waals surface area (Å²) in [5.74, 6) is -3.07. The normalized spacial score (nSPS) is 10.6. The molecule has 0 aromatic heterocycles. The SMILES string of the molecule is OCCNCc1cc(F)c(F)cc1F. The van der Waals surface area contributed by atoms with Gasteiger partial charge in [0, 0.05) is 24.7 Å². The summed E-state index contributed by atoms with van der Waals surface area (Å²) in [4.78, 5) is 0. The molecule has 1 aromatic rings. The van der Waals surface area contributed by atoms with E-state index in [9.17, 15) is 13.2 Å². The Labute approximate surface area is 79.4 Å². The number of rotatable bonds is 4. The van der Waals surface area contributed by atoms with Gasteiger partial charge in [-0.1, -0.05) is 0 Å².